The van der Waals surface area contributed by atoms with E-state index in [4.69, 9.17) is 4.74 Å². The van der Waals surface area contributed by atoms with Crippen LogP contribution in [0.4, 0.5) is 0 Å². The van der Waals surface area contributed by atoms with Gasteiger partial charge in [-0.3, -0.25) is 9.69 Å². The van der Waals surface area contributed by atoms with Crippen molar-refractivity contribution in [2.75, 3.05) is 13.5 Å². The standard InChI is InChI=1S/C5H8N4O4/c1-4(10)8-3-13-2-6-5(8)7-9(11)12/h2-3H2,1H3,(H,6,7). The maximum atomic E-state index is 10.9. The summed E-state index contributed by atoms with van der Waals surface area (Å²) in [5.74, 6) is -0.462. The average molecular weight is 188 g/mol. The van der Waals surface area contributed by atoms with E-state index in [1.165, 1.54) is 6.92 Å². The van der Waals surface area contributed by atoms with Crippen molar-refractivity contribution < 1.29 is 14.6 Å². The second kappa shape index (κ2) is 3.81. The number of ether oxygens (including phenoxy) is 1. The Balaban J connectivity index is 2.71. The molecule has 8 heteroatoms. The highest BCUT2D eigenvalue weighted by molar-refractivity contribution is 5.95. The summed E-state index contributed by atoms with van der Waals surface area (Å²) in [6, 6.07) is 0. The monoisotopic (exact) mass is 188 g/mol. The third-order valence-electron chi connectivity index (χ3n) is 1.35. The van der Waals surface area contributed by atoms with Gasteiger partial charge in [-0.05, 0) is 0 Å². The van der Waals surface area contributed by atoms with Gasteiger partial charge in [-0.1, -0.05) is 5.43 Å². The number of hydrogen-bond acceptors (Lipinski definition) is 5. The second-order valence-corrected chi connectivity index (χ2v) is 2.26. The molecule has 1 N–H and O–H groups in total. The predicted molar refractivity (Wildman–Crippen MR) is 40.9 cm³/mol. The van der Waals surface area contributed by atoms with Crippen molar-refractivity contribution in [3.63, 3.8) is 0 Å². The number of carbonyl (C=O) groups excluding carboxylic acids is 1. The Morgan fingerprint density at radius 1 is 1.85 bits per heavy atom. The first-order valence-electron chi connectivity index (χ1n) is 3.42. The zero-order valence-electron chi connectivity index (χ0n) is 6.89. The summed E-state index contributed by atoms with van der Waals surface area (Å²) in [4.78, 5) is 25.6. The topological polar surface area (TPSA) is 97.1 Å². The molecule has 1 aliphatic heterocycles. The van der Waals surface area contributed by atoms with Crippen molar-refractivity contribution in [3.05, 3.63) is 10.1 Å². The molecular weight excluding hydrogens is 180 g/mol. The van der Waals surface area contributed by atoms with Crippen LogP contribution in [0.1, 0.15) is 6.92 Å². The zero-order valence-corrected chi connectivity index (χ0v) is 6.89. The summed E-state index contributed by atoms with van der Waals surface area (Å²) in [5, 5.41) is 9.29. The number of guanidine groups is 1. The van der Waals surface area contributed by atoms with E-state index in [-0.39, 0.29) is 25.3 Å². The Hall–Kier alpha value is -1.70. The maximum absolute atomic E-state index is 10.9. The van der Waals surface area contributed by atoms with E-state index in [1.54, 1.807) is 0 Å². The van der Waals surface area contributed by atoms with Gasteiger partial charge in [0, 0.05) is 6.92 Å². The molecule has 1 amide bonds. The summed E-state index contributed by atoms with van der Waals surface area (Å²) in [6.07, 6.45) is 0. The van der Waals surface area contributed by atoms with Crippen LogP contribution in [0.25, 0.3) is 0 Å². The number of carbonyl (C=O) groups is 1. The number of aliphatic imine (C=N–C) groups is 1. The third-order valence-corrected chi connectivity index (χ3v) is 1.35. The van der Waals surface area contributed by atoms with Crippen LogP contribution in [0.3, 0.4) is 0 Å². The van der Waals surface area contributed by atoms with Crippen LogP contribution in [-0.4, -0.2) is 35.3 Å². The van der Waals surface area contributed by atoms with Crippen LogP contribution in [0.5, 0.6) is 0 Å². The van der Waals surface area contributed by atoms with Crippen LogP contribution < -0.4 is 5.43 Å². The van der Waals surface area contributed by atoms with Crippen molar-refractivity contribution in [2.24, 2.45) is 4.99 Å². The number of hydrazine groups is 1. The fourth-order valence-corrected chi connectivity index (χ4v) is 0.803. The molecule has 8 nitrogen and oxygen atoms in total. The molecule has 0 saturated heterocycles. The Bertz CT molecular complexity index is 263. The van der Waals surface area contributed by atoms with Gasteiger partial charge in [0.2, 0.25) is 5.91 Å². The average Bonchev–Trinajstić information content (AvgIpc) is 2.03. The van der Waals surface area contributed by atoms with E-state index in [0.29, 0.717) is 0 Å². The van der Waals surface area contributed by atoms with Gasteiger partial charge in [0.25, 0.3) is 5.96 Å². The highest BCUT2D eigenvalue weighted by Crippen LogP contribution is 1.98. The van der Waals surface area contributed by atoms with Gasteiger partial charge in [0.1, 0.15) is 13.5 Å². The largest absolute Gasteiger partial charge is 0.338 e. The van der Waals surface area contributed by atoms with Crippen LogP contribution in [0.2, 0.25) is 0 Å². The lowest BCUT2D eigenvalue weighted by Crippen LogP contribution is -2.49. The first-order valence-corrected chi connectivity index (χ1v) is 3.42. The molecule has 72 valence electrons. The number of amides is 1. The van der Waals surface area contributed by atoms with Crippen molar-refractivity contribution in [3.8, 4) is 0 Å². The number of hydrogen-bond donors (Lipinski definition) is 1. The maximum Gasteiger partial charge on any atom is 0.267 e. The van der Waals surface area contributed by atoms with E-state index in [1.807, 2.05) is 5.43 Å². The Morgan fingerprint density at radius 2 is 2.54 bits per heavy atom. The lowest BCUT2D eigenvalue weighted by molar-refractivity contribution is -0.526. The molecule has 0 aromatic heterocycles. The van der Waals surface area contributed by atoms with Crippen LogP contribution >= 0.6 is 0 Å². The Kier molecular flexibility index (Phi) is 2.75. The SMILES string of the molecule is CC(=O)N1COCN=C1N[N+](=O)[O-]. The van der Waals surface area contributed by atoms with Crippen LogP contribution in [0, 0.1) is 10.1 Å². The molecule has 0 atom stereocenters. The van der Waals surface area contributed by atoms with Gasteiger partial charge >= 0.3 is 0 Å². The van der Waals surface area contributed by atoms with Gasteiger partial charge in [-0.2, -0.15) is 0 Å². The van der Waals surface area contributed by atoms with Gasteiger partial charge in [0.15, 0.2) is 5.03 Å². The molecule has 0 aliphatic carbocycles. The van der Waals surface area contributed by atoms with Crippen molar-refractivity contribution in [2.45, 2.75) is 6.92 Å². The smallest absolute Gasteiger partial charge is 0.267 e. The fourth-order valence-electron chi connectivity index (χ4n) is 0.803. The molecule has 1 heterocycles. The van der Waals surface area contributed by atoms with Gasteiger partial charge < -0.3 is 4.74 Å². The highest BCUT2D eigenvalue weighted by Gasteiger charge is 2.22. The second-order valence-electron chi connectivity index (χ2n) is 2.26. The van der Waals surface area contributed by atoms with Crippen molar-refractivity contribution in [1.82, 2.24) is 10.3 Å². The van der Waals surface area contributed by atoms with E-state index in [2.05, 4.69) is 4.99 Å². The number of nitrogens with one attached hydrogen (secondary N) is 1. The lowest BCUT2D eigenvalue weighted by Gasteiger charge is -2.23. The molecule has 0 saturated carbocycles. The minimum Gasteiger partial charge on any atom is -0.338 e. The van der Waals surface area contributed by atoms with E-state index < -0.39 is 5.03 Å². The zero-order chi connectivity index (χ0) is 9.84. The summed E-state index contributed by atoms with van der Waals surface area (Å²) in [5.41, 5.74) is 1.81. The highest BCUT2D eigenvalue weighted by atomic mass is 16.7. The molecule has 0 aromatic rings. The molecule has 1 rings (SSSR count). The molecule has 13 heavy (non-hydrogen) atoms. The van der Waals surface area contributed by atoms with Crippen LogP contribution in [-0.2, 0) is 9.53 Å². The molecule has 0 fully saturated rings. The first-order chi connectivity index (χ1) is 6.11. The van der Waals surface area contributed by atoms with Gasteiger partial charge in [-0.25, -0.2) is 15.1 Å². The normalized spacial score (nSPS) is 16.4. The summed E-state index contributed by atoms with van der Waals surface area (Å²) in [7, 11) is 0. The van der Waals surface area contributed by atoms with E-state index in [9.17, 15) is 14.9 Å². The minimum absolute atomic E-state index is 0.0138. The minimum atomic E-state index is -0.778. The summed E-state index contributed by atoms with van der Waals surface area (Å²) in [6.45, 7) is 1.26. The van der Waals surface area contributed by atoms with Crippen LogP contribution in [0.15, 0.2) is 4.99 Å². The number of nitrogens with zero attached hydrogens (tertiary/aromatic N) is 3. The van der Waals surface area contributed by atoms with Gasteiger partial charge in [-0.15, -0.1) is 0 Å². The Morgan fingerprint density at radius 3 is 3.08 bits per heavy atom. The quantitative estimate of drug-likeness (QED) is 0.417. The lowest BCUT2D eigenvalue weighted by atomic mass is 10.6. The van der Waals surface area contributed by atoms with Gasteiger partial charge in [0.05, 0.1) is 0 Å². The molecule has 0 bridgehead atoms. The Labute approximate surface area is 73.3 Å². The molecule has 1 aliphatic rings. The van der Waals surface area contributed by atoms with E-state index in [0.717, 1.165) is 4.90 Å². The fraction of sp³-hybridized carbons (Fsp3) is 0.600. The molecule has 0 radical (unpaired) electrons. The van der Waals surface area contributed by atoms with Crippen molar-refractivity contribution >= 4 is 11.9 Å². The van der Waals surface area contributed by atoms with Crippen molar-refractivity contribution in [1.29, 1.82) is 0 Å². The van der Waals surface area contributed by atoms with E-state index >= 15 is 0 Å². The predicted octanol–water partition coefficient (Wildman–Crippen LogP) is -1.08. The molecular formula is C5H8N4O4. The molecule has 0 spiro atoms. The summed E-state index contributed by atoms with van der Waals surface area (Å²) >= 11 is 0. The molecule has 0 aromatic carbocycles. The first kappa shape index (κ1) is 9.39. The third kappa shape index (κ3) is 2.37. The molecule has 0 unspecified atom stereocenters. The number of nitro groups is 1. The number of rotatable bonds is 1. The summed E-state index contributed by atoms with van der Waals surface area (Å²) < 4.78 is 4.81.